The summed E-state index contributed by atoms with van der Waals surface area (Å²) in [6, 6.07) is 13.7. The Balaban J connectivity index is 1.77. The van der Waals surface area contributed by atoms with Crippen LogP contribution in [0.5, 0.6) is 0 Å². The molecule has 32 heavy (non-hydrogen) atoms. The number of amides is 1. The van der Waals surface area contributed by atoms with Gasteiger partial charge in [0, 0.05) is 36.0 Å². The monoisotopic (exact) mass is 479 g/mol. The van der Waals surface area contributed by atoms with Crippen molar-refractivity contribution in [2.45, 2.75) is 34.6 Å². The van der Waals surface area contributed by atoms with Gasteiger partial charge in [-0.25, -0.2) is 13.9 Å². The fraction of sp³-hybridized carbons (Fsp3) is 0.409. The fourth-order valence-electron chi connectivity index (χ4n) is 3.37. The van der Waals surface area contributed by atoms with Crippen molar-refractivity contribution in [1.29, 1.82) is 0 Å². The first-order valence-corrected chi connectivity index (χ1v) is 12.7. The Morgan fingerprint density at radius 1 is 1.12 bits per heavy atom. The summed E-state index contributed by atoms with van der Waals surface area (Å²) in [7, 11) is -3.96. The van der Waals surface area contributed by atoms with Crippen LogP contribution in [0, 0.1) is 6.92 Å². The lowest BCUT2D eigenvalue weighted by Crippen LogP contribution is -2.50. The lowest BCUT2D eigenvalue weighted by atomic mass is 10.2. The second kappa shape index (κ2) is 11.3. The molecule has 2 aromatic carbocycles. The quantitative estimate of drug-likeness (QED) is 0.421. The molecule has 10 heteroatoms. The zero-order valence-electron chi connectivity index (χ0n) is 18.2. The minimum Gasteiger partial charge on any atom is -0.379 e. The lowest BCUT2D eigenvalue weighted by molar-refractivity contribution is -0.132. The van der Waals surface area contributed by atoms with Gasteiger partial charge in [0.1, 0.15) is 6.04 Å². The molecule has 0 radical (unpaired) electrons. The highest BCUT2D eigenvalue weighted by atomic mass is 32.2. The van der Waals surface area contributed by atoms with E-state index in [2.05, 4.69) is 4.90 Å². The number of hydrogen-bond donors (Lipinski definition) is 2. The molecule has 2 aromatic rings. The van der Waals surface area contributed by atoms with E-state index in [9.17, 15) is 13.2 Å². The van der Waals surface area contributed by atoms with Gasteiger partial charge >= 0.3 is 0 Å². The first-order valence-electron chi connectivity index (χ1n) is 10.4. The number of hydroxylamine groups is 1. The van der Waals surface area contributed by atoms with Crippen molar-refractivity contribution in [3.8, 4) is 0 Å². The molecule has 1 aliphatic heterocycles. The molecule has 174 valence electrons. The van der Waals surface area contributed by atoms with Crippen molar-refractivity contribution in [1.82, 2.24) is 14.7 Å². The minimum absolute atomic E-state index is 0.102. The zero-order chi connectivity index (χ0) is 23.1. The molecule has 1 heterocycles. The van der Waals surface area contributed by atoms with E-state index in [1.807, 2.05) is 31.2 Å². The third-order valence-corrected chi connectivity index (χ3v) is 8.35. The Morgan fingerprint density at radius 3 is 2.25 bits per heavy atom. The topological polar surface area (TPSA) is 99.2 Å². The molecule has 1 saturated heterocycles. The van der Waals surface area contributed by atoms with Crippen LogP contribution < -0.4 is 5.48 Å². The number of carbonyl (C=O) groups is 1. The molecule has 1 atom stereocenters. The molecule has 8 nitrogen and oxygen atoms in total. The second-order valence-corrected chi connectivity index (χ2v) is 10.6. The molecular formula is C22H29N3O5S2. The molecule has 0 bridgehead atoms. The summed E-state index contributed by atoms with van der Waals surface area (Å²) in [5, 5.41) is 9.05. The summed E-state index contributed by atoms with van der Waals surface area (Å²) in [4.78, 5) is 16.2. The van der Waals surface area contributed by atoms with Gasteiger partial charge in [-0.3, -0.25) is 14.9 Å². The van der Waals surface area contributed by atoms with Crippen LogP contribution in [0.3, 0.4) is 0 Å². The summed E-state index contributed by atoms with van der Waals surface area (Å²) in [6.45, 7) is 6.68. The highest BCUT2D eigenvalue weighted by Crippen LogP contribution is 2.29. The highest BCUT2D eigenvalue weighted by Gasteiger charge is 2.33. The summed E-state index contributed by atoms with van der Waals surface area (Å²) >= 11 is 1.54. The predicted octanol–water partition coefficient (Wildman–Crippen LogP) is 2.36. The van der Waals surface area contributed by atoms with Crippen molar-refractivity contribution < 1.29 is 23.2 Å². The highest BCUT2D eigenvalue weighted by molar-refractivity contribution is 7.99. The van der Waals surface area contributed by atoms with Crippen LogP contribution in [-0.4, -0.2) is 74.2 Å². The smallest absolute Gasteiger partial charge is 0.261 e. The van der Waals surface area contributed by atoms with E-state index in [-0.39, 0.29) is 11.4 Å². The van der Waals surface area contributed by atoms with E-state index in [4.69, 9.17) is 9.94 Å². The van der Waals surface area contributed by atoms with Crippen LogP contribution in [-0.2, 0) is 19.6 Å². The molecule has 0 saturated carbocycles. The van der Waals surface area contributed by atoms with Gasteiger partial charge in [0.05, 0.1) is 18.1 Å². The maximum Gasteiger partial charge on any atom is 0.261 e. The molecule has 1 unspecified atom stereocenters. The standard InChI is InChI=1S/C22H29N3O5S2/c1-17-3-5-19(6-4-17)31-20-7-9-21(10-8-20)32(28,29)25(18(2)22(26)23-27)12-11-24-13-15-30-16-14-24/h3-10,18,27H,11-16H2,1-2H3,(H,23,26). The van der Waals surface area contributed by atoms with Crippen LogP contribution >= 0.6 is 11.8 Å². The van der Waals surface area contributed by atoms with Crippen molar-refractivity contribution in [3.63, 3.8) is 0 Å². The van der Waals surface area contributed by atoms with Gasteiger partial charge in [-0.2, -0.15) is 4.31 Å². The number of aryl methyl sites for hydroxylation is 1. The Kier molecular flexibility index (Phi) is 8.69. The van der Waals surface area contributed by atoms with E-state index in [1.54, 1.807) is 41.5 Å². The second-order valence-electron chi connectivity index (χ2n) is 7.61. The van der Waals surface area contributed by atoms with Crippen LogP contribution in [0.15, 0.2) is 63.2 Å². The van der Waals surface area contributed by atoms with Crippen LogP contribution in [0.2, 0.25) is 0 Å². The van der Waals surface area contributed by atoms with Gasteiger partial charge in [-0.05, 0) is 50.2 Å². The van der Waals surface area contributed by atoms with Crippen molar-refractivity contribution in [3.05, 3.63) is 54.1 Å². The normalized spacial score (nSPS) is 16.1. The van der Waals surface area contributed by atoms with Gasteiger partial charge in [0.2, 0.25) is 10.0 Å². The molecule has 1 aliphatic rings. The number of carbonyl (C=O) groups excluding carboxylic acids is 1. The van der Waals surface area contributed by atoms with Gasteiger partial charge in [-0.1, -0.05) is 29.5 Å². The number of rotatable bonds is 9. The number of nitrogens with zero attached hydrogens (tertiary/aromatic N) is 2. The number of sulfonamides is 1. The molecule has 0 aliphatic carbocycles. The van der Waals surface area contributed by atoms with Crippen LogP contribution in [0.25, 0.3) is 0 Å². The van der Waals surface area contributed by atoms with Gasteiger partial charge in [0.25, 0.3) is 5.91 Å². The Bertz CT molecular complexity index is 991. The summed E-state index contributed by atoms with van der Waals surface area (Å²) < 4.78 is 33.2. The molecule has 0 aromatic heterocycles. The molecular weight excluding hydrogens is 450 g/mol. The molecule has 3 rings (SSSR count). The van der Waals surface area contributed by atoms with E-state index < -0.39 is 22.0 Å². The average Bonchev–Trinajstić information content (AvgIpc) is 2.81. The van der Waals surface area contributed by atoms with Crippen LogP contribution in [0.1, 0.15) is 12.5 Å². The maximum absolute atomic E-state index is 13.4. The van der Waals surface area contributed by atoms with E-state index in [0.717, 1.165) is 14.1 Å². The number of ether oxygens (including phenoxy) is 1. The van der Waals surface area contributed by atoms with Crippen molar-refractivity contribution in [2.75, 3.05) is 39.4 Å². The van der Waals surface area contributed by atoms with Gasteiger partial charge < -0.3 is 4.74 Å². The Labute approximate surface area is 193 Å². The van der Waals surface area contributed by atoms with Gasteiger partial charge in [0.15, 0.2) is 0 Å². The molecule has 1 amide bonds. The Morgan fingerprint density at radius 2 is 1.69 bits per heavy atom. The first kappa shape index (κ1) is 24.7. The molecule has 2 N–H and O–H groups in total. The third-order valence-electron chi connectivity index (χ3n) is 5.35. The van der Waals surface area contributed by atoms with E-state index in [1.165, 1.54) is 12.5 Å². The SMILES string of the molecule is Cc1ccc(Sc2ccc(S(=O)(=O)N(CCN3CCOCC3)C(C)C(=O)NO)cc2)cc1. The van der Waals surface area contributed by atoms with Gasteiger partial charge in [-0.15, -0.1) is 0 Å². The zero-order valence-corrected chi connectivity index (χ0v) is 19.9. The summed E-state index contributed by atoms with van der Waals surface area (Å²) in [5.41, 5.74) is 2.74. The number of hydrogen-bond acceptors (Lipinski definition) is 7. The Hall–Kier alpha value is -1.95. The minimum atomic E-state index is -3.96. The average molecular weight is 480 g/mol. The van der Waals surface area contributed by atoms with E-state index in [0.29, 0.717) is 32.8 Å². The van der Waals surface area contributed by atoms with Crippen molar-refractivity contribution >= 4 is 27.7 Å². The third kappa shape index (κ3) is 6.31. The summed E-state index contributed by atoms with van der Waals surface area (Å²) in [5.74, 6) is -0.776. The summed E-state index contributed by atoms with van der Waals surface area (Å²) in [6.07, 6.45) is 0. The van der Waals surface area contributed by atoms with Crippen LogP contribution in [0.4, 0.5) is 0 Å². The largest absolute Gasteiger partial charge is 0.379 e. The molecule has 0 spiro atoms. The predicted molar refractivity (Wildman–Crippen MR) is 122 cm³/mol. The number of morpholine rings is 1. The first-order chi connectivity index (χ1) is 15.3. The molecule has 1 fully saturated rings. The lowest BCUT2D eigenvalue weighted by Gasteiger charge is -2.31. The fourth-order valence-corrected chi connectivity index (χ4v) is 5.77. The van der Waals surface area contributed by atoms with Crippen molar-refractivity contribution in [2.24, 2.45) is 0 Å². The number of nitrogens with one attached hydrogen (secondary N) is 1. The maximum atomic E-state index is 13.4. The number of benzene rings is 2. The van der Waals surface area contributed by atoms with E-state index >= 15 is 0 Å².